The van der Waals surface area contributed by atoms with Crippen LogP contribution in [0.4, 0.5) is 0 Å². The minimum atomic E-state index is 0.757. The number of ether oxygens (including phenoxy) is 1. The van der Waals surface area contributed by atoms with Gasteiger partial charge in [-0.25, -0.2) is 0 Å². The fourth-order valence-electron chi connectivity index (χ4n) is 1.27. The van der Waals surface area contributed by atoms with Gasteiger partial charge >= 0.3 is 0 Å². The summed E-state index contributed by atoms with van der Waals surface area (Å²) in [7, 11) is 0. The summed E-state index contributed by atoms with van der Waals surface area (Å²) < 4.78 is 5.26. The molecule has 0 N–H and O–H groups in total. The number of morpholine rings is 1. The molecule has 0 aromatic carbocycles. The molecule has 1 rings (SSSR count). The quantitative estimate of drug-likeness (QED) is 0.668. The molecule has 0 aromatic heterocycles. The normalized spacial score (nSPS) is 23.5. The van der Waals surface area contributed by atoms with E-state index in [0.29, 0.717) is 0 Å². The van der Waals surface area contributed by atoms with Crippen molar-refractivity contribution in [1.82, 2.24) is 4.90 Å². The van der Waals surface area contributed by atoms with Crippen LogP contribution in [0.2, 0.25) is 0 Å². The smallest absolute Gasteiger partial charge is 0.0594 e. The Labute approximate surface area is 77.0 Å². The van der Waals surface area contributed by atoms with E-state index in [1.54, 1.807) is 0 Å². The van der Waals surface area contributed by atoms with Crippen molar-refractivity contribution in [1.29, 1.82) is 0 Å². The third kappa shape index (κ3) is 3.54. The molecule has 1 heterocycles. The molecule has 66 valence electrons. The van der Waals surface area contributed by atoms with E-state index in [4.69, 9.17) is 4.74 Å². The molecule has 1 fully saturated rings. The van der Waals surface area contributed by atoms with Crippen LogP contribution in [0, 0.1) is 5.92 Å². The Morgan fingerprint density at radius 1 is 1.45 bits per heavy atom. The first-order valence-corrected chi connectivity index (χ1v) is 5.31. The van der Waals surface area contributed by atoms with E-state index < -0.39 is 0 Å². The van der Waals surface area contributed by atoms with Gasteiger partial charge in [0.25, 0.3) is 0 Å². The van der Waals surface area contributed by atoms with E-state index in [1.807, 2.05) is 0 Å². The van der Waals surface area contributed by atoms with Crippen LogP contribution in [0.5, 0.6) is 0 Å². The van der Waals surface area contributed by atoms with E-state index in [1.165, 1.54) is 6.54 Å². The first kappa shape index (κ1) is 9.49. The van der Waals surface area contributed by atoms with Crippen molar-refractivity contribution in [2.75, 3.05) is 38.2 Å². The molecule has 1 unspecified atom stereocenters. The molecule has 1 aliphatic heterocycles. The average molecular weight is 222 g/mol. The van der Waals surface area contributed by atoms with Crippen molar-refractivity contribution >= 4 is 15.9 Å². The van der Waals surface area contributed by atoms with E-state index in [2.05, 4.69) is 27.8 Å². The molecule has 1 atom stereocenters. The van der Waals surface area contributed by atoms with Crippen LogP contribution in [0.1, 0.15) is 6.92 Å². The van der Waals surface area contributed by atoms with Gasteiger partial charge in [0.05, 0.1) is 13.2 Å². The fraction of sp³-hybridized carbons (Fsp3) is 1.00. The number of nitrogens with zero attached hydrogens (tertiary/aromatic N) is 1. The number of hydrogen-bond acceptors (Lipinski definition) is 2. The predicted molar refractivity (Wildman–Crippen MR) is 50.2 cm³/mol. The molecule has 0 bridgehead atoms. The maximum Gasteiger partial charge on any atom is 0.0594 e. The lowest BCUT2D eigenvalue weighted by atomic mass is 10.2. The number of rotatable bonds is 3. The Morgan fingerprint density at radius 3 is 2.64 bits per heavy atom. The van der Waals surface area contributed by atoms with Crippen LogP contribution in [-0.4, -0.2) is 43.1 Å². The van der Waals surface area contributed by atoms with Gasteiger partial charge in [-0.1, -0.05) is 22.9 Å². The molecular weight excluding hydrogens is 206 g/mol. The number of halogens is 1. The number of alkyl halides is 1. The SMILES string of the molecule is CC(CBr)CN1CCOCC1. The predicted octanol–water partition coefficient (Wildman–Crippen LogP) is 1.35. The van der Waals surface area contributed by atoms with Gasteiger partial charge in [-0.3, -0.25) is 4.90 Å². The Hall–Kier alpha value is 0.400. The van der Waals surface area contributed by atoms with Crippen LogP contribution in [0.3, 0.4) is 0 Å². The van der Waals surface area contributed by atoms with Crippen molar-refractivity contribution in [2.24, 2.45) is 5.92 Å². The van der Waals surface area contributed by atoms with Gasteiger partial charge in [0.15, 0.2) is 0 Å². The van der Waals surface area contributed by atoms with Crippen LogP contribution in [0.15, 0.2) is 0 Å². The summed E-state index contributed by atoms with van der Waals surface area (Å²) in [4.78, 5) is 2.47. The monoisotopic (exact) mass is 221 g/mol. The molecule has 0 aliphatic carbocycles. The molecule has 3 heteroatoms. The second kappa shape index (κ2) is 5.12. The Bertz CT molecular complexity index is 104. The summed E-state index contributed by atoms with van der Waals surface area (Å²) in [6.07, 6.45) is 0. The third-order valence-corrected chi connectivity index (χ3v) is 3.04. The minimum absolute atomic E-state index is 0.757. The molecule has 0 aromatic rings. The Morgan fingerprint density at radius 2 is 2.09 bits per heavy atom. The molecule has 0 radical (unpaired) electrons. The highest BCUT2D eigenvalue weighted by molar-refractivity contribution is 9.09. The zero-order valence-electron chi connectivity index (χ0n) is 7.05. The third-order valence-electron chi connectivity index (χ3n) is 1.94. The molecule has 1 saturated heterocycles. The molecule has 0 saturated carbocycles. The van der Waals surface area contributed by atoms with Gasteiger partial charge in [-0.05, 0) is 5.92 Å². The summed E-state index contributed by atoms with van der Waals surface area (Å²) >= 11 is 3.48. The summed E-state index contributed by atoms with van der Waals surface area (Å²) in [6, 6.07) is 0. The average Bonchev–Trinajstić information content (AvgIpc) is 2.06. The van der Waals surface area contributed by atoms with Gasteiger partial charge < -0.3 is 4.74 Å². The molecular formula is C8H16BrNO. The molecule has 0 amide bonds. The first-order valence-electron chi connectivity index (χ1n) is 4.19. The van der Waals surface area contributed by atoms with Crippen molar-refractivity contribution in [3.05, 3.63) is 0 Å². The van der Waals surface area contributed by atoms with Gasteiger partial charge in [-0.2, -0.15) is 0 Å². The van der Waals surface area contributed by atoms with Gasteiger partial charge in [0, 0.05) is 25.0 Å². The topological polar surface area (TPSA) is 12.5 Å². The maximum absolute atomic E-state index is 5.26. The zero-order valence-corrected chi connectivity index (χ0v) is 8.64. The standard InChI is InChI=1S/C8H16BrNO/c1-8(6-9)7-10-2-4-11-5-3-10/h8H,2-7H2,1H3. The summed E-state index contributed by atoms with van der Waals surface area (Å²) in [5.41, 5.74) is 0. The Balaban J connectivity index is 2.13. The Kier molecular flexibility index (Phi) is 4.41. The lowest BCUT2D eigenvalue weighted by Gasteiger charge is -2.28. The summed E-state index contributed by atoms with van der Waals surface area (Å²) in [6.45, 7) is 7.51. The van der Waals surface area contributed by atoms with E-state index in [0.717, 1.165) is 37.6 Å². The van der Waals surface area contributed by atoms with Crippen LogP contribution in [0.25, 0.3) is 0 Å². The highest BCUT2D eigenvalue weighted by Crippen LogP contribution is 2.05. The van der Waals surface area contributed by atoms with Crippen LogP contribution < -0.4 is 0 Å². The summed E-state index contributed by atoms with van der Waals surface area (Å²) in [5, 5.41) is 1.10. The van der Waals surface area contributed by atoms with Crippen molar-refractivity contribution < 1.29 is 4.74 Å². The van der Waals surface area contributed by atoms with Gasteiger partial charge in [0.2, 0.25) is 0 Å². The van der Waals surface area contributed by atoms with Gasteiger partial charge in [-0.15, -0.1) is 0 Å². The molecule has 0 spiro atoms. The summed E-state index contributed by atoms with van der Waals surface area (Å²) in [5.74, 6) is 0.757. The van der Waals surface area contributed by atoms with Crippen molar-refractivity contribution in [2.45, 2.75) is 6.92 Å². The second-order valence-corrected chi connectivity index (χ2v) is 3.82. The van der Waals surface area contributed by atoms with Crippen molar-refractivity contribution in [3.8, 4) is 0 Å². The van der Waals surface area contributed by atoms with E-state index >= 15 is 0 Å². The fourth-order valence-corrected chi connectivity index (χ4v) is 1.48. The van der Waals surface area contributed by atoms with Crippen molar-refractivity contribution in [3.63, 3.8) is 0 Å². The maximum atomic E-state index is 5.26. The van der Waals surface area contributed by atoms with E-state index in [9.17, 15) is 0 Å². The van der Waals surface area contributed by atoms with Gasteiger partial charge in [0.1, 0.15) is 0 Å². The van der Waals surface area contributed by atoms with Crippen LogP contribution in [-0.2, 0) is 4.74 Å². The zero-order chi connectivity index (χ0) is 8.10. The number of hydrogen-bond donors (Lipinski definition) is 0. The molecule has 11 heavy (non-hydrogen) atoms. The van der Waals surface area contributed by atoms with E-state index in [-0.39, 0.29) is 0 Å². The minimum Gasteiger partial charge on any atom is -0.379 e. The molecule has 1 aliphatic rings. The highest BCUT2D eigenvalue weighted by Gasteiger charge is 2.12. The second-order valence-electron chi connectivity index (χ2n) is 3.17. The largest absolute Gasteiger partial charge is 0.379 e. The lowest BCUT2D eigenvalue weighted by Crippen LogP contribution is -2.39. The van der Waals surface area contributed by atoms with Crippen LogP contribution >= 0.6 is 15.9 Å². The first-order chi connectivity index (χ1) is 5.33. The highest BCUT2D eigenvalue weighted by atomic mass is 79.9. The lowest BCUT2D eigenvalue weighted by molar-refractivity contribution is 0.0332. The molecule has 2 nitrogen and oxygen atoms in total.